The predicted octanol–water partition coefficient (Wildman–Crippen LogP) is 0.300. The number of likely N-dealkylation sites (N-methyl/N-ethyl adjacent to an activating group) is 1. The third-order valence-electron chi connectivity index (χ3n) is 4.01. The van der Waals surface area contributed by atoms with Crippen LogP contribution >= 0.6 is 12.4 Å². The summed E-state index contributed by atoms with van der Waals surface area (Å²) < 4.78 is 10.8. The van der Waals surface area contributed by atoms with Crippen LogP contribution in [0.4, 0.5) is 0 Å². The highest BCUT2D eigenvalue weighted by Gasteiger charge is 2.17. The van der Waals surface area contributed by atoms with Crippen LogP contribution in [-0.4, -0.2) is 63.0 Å². The summed E-state index contributed by atoms with van der Waals surface area (Å²) in [5.74, 6) is 0.0138. The summed E-state index contributed by atoms with van der Waals surface area (Å²) in [7, 11) is 4.78. The van der Waals surface area contributed by atoms with Gasteiger partial charge in [-0.25, -0.2) is 0 Å². The molecule has 0 saturated carbocycles. The van der Waals surface area contributed by atoms with Crippen LogP contribution in [0, 0.1) is 5.92 Å². The van der Waals surface area contributed by atoms with Gasteiger partial charge in [0.25, 0.3) is 5.91 Å². The molecule has 0 fully saturated rings. The van der Waals surface area contributed by atoms with Gasteiger partial charge in [0.05, 0.1) is 19.7 Å². The summed E-state index contributed by atoms with van der Waals surface area (Å²) in [4.78, 5) is 36.7. The van der Waals surface area contributed by atoms with Crippen molar-refractivity contribution in [2.75, 3.05) is 34.4 Å². The van der Waals surface area contributed by atoms with Gasteiger partial charge in [-0.3, -0.25) is 14.4 Å². The van der Waals surface area contributed by atoms with Gasteiger partial charge in [0.15, 0.2) is 18.1 Å². The summed E-state index contributed by atoms with van der Waals surface area (Å²) in [5.41, 5.74) is 6.50. The van der Waals surface area contributed by atoms with E-state index in [9.17, 15) is 14.4 Å². The fourth-order valence-electron chi connectivity index (χ4n) is 2.06. The second kappa shape index (κ2) is 12.8. The third-order valence-corrected chi connectivity index (χ3v) is 4.01. The molecule has 1 aromatic carbocycles. The quantitative estimate of drug-likeness (QED) is 0.490. The lowest BCUT2D eigenvalue weighted by atomic mass is 10.1. The molecule has 9 nitrogen and oxygen atoms in total. The number of carbonyl (C=O) groups excluding carboxylic acids is 3. The van der Waals surface area contributed by atoms with Crippen molar-refractivity contribution >= 4 is 30.1 Å². The molecule has 0 radical (unpaired) electrons. The first-order valence-corrected chi connectivity index (χ1v) is 8.95. The SMILES string of the molecule is COc1cc(CNC(=O)CNC(=O)[C@@H](N)C(C)C)ccc1OCC(=O)N(C)C.Cl. The Morgan fingerprint density at radius 2 is 1.79 bits per heavy atom. The maximum atomic E-state index is 11.9. The maximum Gasteiger partial charge on any atom is 0.259 e. The van der Waals surface area contributed by atoms with Gasteiger partial charge in [-0.2, -0.15) is 0 Å². The molecule has 0 aliphatic carbocycles. The summed E-state index contributed by atoms with van der Waals surface area (Å²) in [6.45, 7) is 3.67. The number of hydrogen-bond acceptors (Lipinski definition) is 6. The Morgan fingerprint density at radius 1 is 1.14 bits per heavy atom. The molecule has 1 rings (SSSR count). The highest BCUT2D eigenvalue weighted by atomic mass is 35.5. The number of hydrogen-bond donors (Lipinski definition) is 3. The van der Waals surface area contributed by atoms with Gasteiger partial charge in [0.2, 0.25) is 11.8 Å². The molecule has 164 valence electrons. The zero-order valence-electron chi connectivity index (χ0n) is 17.5. The van der Waals surface area contributed by atoms with Crippen LogP contribution in [0.5, 0.6) is 11.5 Å². The smallest absolute Gasteiger partial charge is 0.259 e. The Balaban J connectivity index is 0.00000784. The van der Waals surface area contributed by atoms with Crippen molar-refractivity contribution < 1.29 is 23.9 Å². The molecule has 0 bridgehead atoms. The van der Waals surface area contributed by atoms with Gasteiger partial charge in [-0.05, 0) is 23.6 Å². The van der Waals surface area contributed by atoms with E-state index in [0.29, 0.717) is 11.5 Å². The summed E-state index contributed by atoms with van der Waals surface area (Å²) >= 11 is 0. The van der Waals surface area contributed by atoms with Crippen molar-refractivity contribution in [1.82, 2.24) is 15.5 Å². The molecule has 0 aliphatic heterocycles. The lowest BCUT2D eigenvalue weighted by molar-refractivity contribution is -0.130. The molecular weight excluding hydrogens is 400 g/mol. The Labute approximate surface area is 177 Å². The first kappa shape index (κ1) is 26.5. The first-order chi connectivity index (χ1) is 13.1. The first-order valence-electron chi connectivity index (χ1n) is 8.95. The topological polar surface area (TPSA) is 123 Å². The largest absolute Gasteiger partial charge is 0.493 e. The number of nitrogens with zero attached hydrogens (tertiary/aromatic N) is 1. The molecule has 29 heavy (non-hydrogen) atoms. The van der Waals surface area contributed by atoms with Gasteiger partial charge >= 0.3 is 0 Å². The summed E-state index contributed by atoms with van der Waals surface area (Å²) in [6.07, 6.45) is 0. The minimum atomic E-state index is -0.649. The molecule has 0 aliphatic rings. The van der Waals surface area contributed by atoms with Crippen LogP contribution in [0.3, 0.4) is 0 Å². The molecule has 10 heteroatoms. The van der Waals surface area contributed by atoms with Crippen molar-refractivity contribution in [3.8, 4) is 11.5 Å². The average molecular weight is 431 g/mol. The molecule has 1 atom stereocenters. The molecule has 1 aromatic rings. The Morgan fingerprint density at radius 3 is 2.34 bits per heavy atom. The minimum absolute atomic E-state index is 0. The number of ether oxygens (including phenoxy) is 2. The van der Waals surface area contributed by atoms with Crippen LogP contribution in [0.1, 0.15) is 19.4 Å². The number of carbonyl (C=O) groups is 3. The average Bonchev–Trinajstić information content (AvgIpc) is 2.67. The summed E-state index contributed by atoms with van der Waals surface area (Å²) in [6, 6.07) is 4.49. The van der Waals surface area contributed by atoms with E-state index in [-0.39, 0.29) is 55.7 Å². The van der Waals surface area contributed by atoms with Crippen LogP contribution in [0.25, 0.3) is 0 Å². The second-order valence-corrected chi connectivity index (χ2v) is 6.83. The van der Waals surface area contributed by atoms with Crippen molar-refractivity contribution in [3.05, 3.63) is 23.8 Å². The molecule has 0 saturated heterocycles. The van der Waals surface area contributed by atoms with Crippen LogP contribution in [0.2, 0.25) is 0 Å². The maximum absolute atomic E-state index is 11.9. The third kappa shape index (κ3) is 9.01. The zero-order chi connectivity index (χ0) is 21.3. The number of nitrogens with one attached hydrogen (secondary N) is 2. The molecule has 4 N–H and O–H groups in total. The lowest BCUT2D eigenvalue weighted by Crippen LogP contribution is -2.47. The van der Waals surface area contributed by atoms with Gasteiger partial charge in [0.1, 0.15) is 0 Å². The monoisotopic (exact) mass is 430 g/mol. The molecular formula is C19H31ClN4O5. The highest BCUT2D eigenvalue weighted by Crippen LogP contribution is 2.28. The minimum Gasteiger partial charge on any atom is -0.493 e. The van der Waals surface area contributed by atoms with Crippen molar-refractivity contribution in [2.24, 2.45) is 11.7 Å². The Kier molecular flexibility index (Phi) is 11.7. The standard InChI is InChI=1S/C19H30N4O5.ClH/c1-12(2)18(20)19(26)22-10-16(24)21-9-13-6-7-14(15(8-13)27-5)28-11-17(25)23(3)4;/h6-8,12,18H,9-11,20H2,1-5H3,(H,21,24)(H,22,26);1H/t18-;/m0./s1. The van der Waals surface area contributed by atoms with Crippen molar-refractivity contribution in [3.63, 3.8) is 0 Å². The zero-order valence-corrected chi connectivity index (χ0v) is 18.3. The van der Waals surface area contributed by atoms with Gasteiger partial charge in [-0.15, -0.1) is 12.4 Å². The fourth-order valence-corrected chi connectivity index (χ4v) is 2.06. The van der Waals surface area contributed by atoms with Crippen LogP contribution in [-0.2, 0) is 20.9 Å². The van der Waals surface area contributed by atoms with E-state index in [2.05, 4.69) is 10.6 Å². The second-order valence-electron chi connectivity index (χ2n) is 6.83. The van der Waals surface area contributed by atoms with Crippen LogP contribution < -0.4 is 25.8 Å². The molecule has 0 aromatic heterocycles. The van der Waals surface area contributed by atoms with Crippen molar-refractivity contribution in [1.29, 1.82) is 0 Å². The Hall–Kier alpha value is -2.52. The van der Waals surface area contributed by atoms with Gasteiger partial charge < -0.3 is 30.7 Å². The molecule has 0 spiro atoms. The number of amides is 3. The lowest BCUT2D eigenvalue weighted by Gasteiger charge is -2.15. The number of rotatable bonds is 10. The number of halogens is 1. The van der Waals surface area contributed by atoms with E-state index in [0.717, 1.165) is 5.56 Å². The van der Waals surface area contributed by atoms with E-state index in [1.165, 1.54) is 12.0 Å². The number of benzene rings is 1. The number of nitrogens with two attached hydrogens (primary N) is 1. The normalized spacial score (nSPS) is 11.1. The van der Waals surface area contributed by atoms with E-state index in [4.69, 9.17) is 15.2 Å². The number of methoxy groups -OCH3 is 1. The van der Waals surface area contributed by atoms with E-state index >= 15 is 0 Å². The van der Waals surface area contributed by atoms with Gasteiger partial charge in [0, 0.05) is 20.6 Å². The Bertz CT molecular complexity index is 697. The fraction of sp³-hybridized carbons (Fsp3) is 0.526. The van der Waals surface area contributed by atoms with E-state index < -0.39 is 6.04 Å². The van der Waals surface area contributed by atoms with Gasteiger partial charge in [-0.1, -0.05) is 19.9 Å². The predicted molar refractivity (Wildman–Crippen MR) is 112 cm³/mol. The summed E-state index contributed by atoms with van der Waals surface area (Å²) in [5, 5.41) is 5.22. The van der Waals surface area contributed by atoms with E-state index in [1.807, 2.05) is 13.8 Å². The molecule has 0 heterocycles. The van der Waals surface area contributed by atoms with Crippen molar-refractivity contribution in [2.45, 2.75) is 26.4 Å². The van der Waals surface area contributed by atoms with Crippen LogP contribution in [0.15, 0.2) is 18.2 Å². The molecule has 3 amide bonds. The van der Waals surface area contributed by atoms with E-state index in [1.54, 1.807) is 32.3 Å². The highest BCUT2D eigenvalue weighted by molar-refractivity contribution is 5.87. The molecule has 0 unspecified atom stereocenters.